The van der Waals surface area contributed by atoms with Gasteiger partial charge in [0, 0.05) is 41.8 Å². The molecule has 6 rings (SSSR count). The first kappa shape index (κ1) is 27.5. The molecular weight excluding hydrogens is 536 g/mol. The largest absolute Gasteiger partial charge is 0.358 e. The van der Waals surface area contributed by atoms with Crippen LogP contribution in [0.3, 0.4) is 0 Å². The summed E-state index contributed by atoms with van der Waals surface area (Å²) in [6.45, 7) is 7.70. The van der Waals surface area contributed by atoms with Gasteiger partial charge in [0.2, 0.25) is 0 Å². The lowest BCUT2D eigenvalue weighted by Crippen LogP contribution is -2.42. The summed E-state index contributed by atoms with van der Waals surface area (Å²) in [5.41, 5.74) is 5.07. The second kappa shape index (κ2) is 10.9. The molecule has 8 nitrogen and oxygen atoms in total. The number of aromatic nitrogens is 1. The van der Waals surface area contributed by atoms with Gasteiger partial charge in [-0.1, -0.05) is 30.3 Å². The number of rotatable bonds is 7. The molecule has 2 saturated heterocycles. The van der Waals surface area contributed by atoms with Crippen molar-refractivity contribution in [2.45, 2.75) is 56.2 Å². The highest BCUT2D eigenvalue weighted by Crippen LogP contribution is 2.36. The number of hydrogen-bond acceptors (Lipinski definition) is 5. The Balaban J connectivity index is 1.29. The Bertz CT molecular complexity index is 1640. The van der Waals surface area contributed by atoms with Crippen LogP contribution < -0.4 is 5.32 Å². The van der Waals surface area contributed by atoms with Crippen LogP contribution >= 0.6 is 0 Å². The zero-order chi connectivity index (χ0) is 28.7. The fraction of sp³-hybridized carbons (Fsp3) is 0.375. The molecule has 0 unspecified atom stereocenters. The number of amides is 2. The van der Waals surface area contributed by atoms with Gasteiger partial charge in [0.25, 0.3) is 11.8 Å². The molecule has 3 aliphatic rings. The number of carbonyl (C=O) groups is 2. The number of hydrogen-bond donors (Lipinski definition) is 2. The summed E-state index contributed by atoms with van der Waals surface area (Å²) in [5.74, 6) is -0.390. The van der Waals surface area contributed by atoms with Crippen molar-refractivity contribution in [1.29, 1.82) is 0 Å². The molecule has 3 aliphatic heterocycles. The number of nitrogens with zero attached hydrogens (tertiary/aromatic N) is 2. The van der Waals surface area contributed by atoms with Gasteiger partial charge in [-0.05, 0) is 88.0 Å². The van der Waals surface area contributed by atoms with E-state index in [1.165, 1.54) is 18.9 Å². The Kier molecular flexibility index (Phi) is 7.34. The number of aryl methyl sites for hydroxylation is 1. The van der Waals surface area contributed by atoms with E-state index in [4.69, 9.17) is 0 Å². The van der Waals surface area contributed by atoms with Crippen LogP contribution in [0.15, 0.2) is 53.4 Å². The second-order valence-corrected chi connectivity index (χ2v) is 13.4. The van der Waals surface area contributed by atoms with Crippen LogP contribution in [0.4, 0.5) is 5.69 Å². The summed E-state index contributed by atoms with van der Waals surface area (Å²) in [7, 11) is -3.62. The molecule has 9 heteroatoms. The van der Waals surface area contributed by atoms with E-state index in [0.29, 0.717) is 33.6 Å². The topological polar surface area (TPSA) is 103 Å². The van der Waals surface area contributed by atoms with E-state index in [0.717, 1.165) is 50.3 Å². The number of carbonyl (C=O) groups excluding carboxylic acids is 2. The summed E-state index contributed by atoms with van der Waals surface area (Å²) in [6, 6.07) is 14.0. The minimum Gasteiger partial charge on any atom is -0.358 e. The van der Waals surface area contributed by atoms with Gasteiger partial charge < -0.3 is 20.1 Å². The second-order valence-electron chi connectivity index (χ2n) is 11.4. The Morgan fingerprint density at radius 2 is 1.78 bits per heavy atom. The third kappa shape index (κ3) is 5.36. The zero-order valence-corrected chi connectivity index (χ0v) is 24.4. The maximum atomic E-state index is 13.8. The van der Waals surface area contributed by atoms with Crippen molar-refractivity contribution in [3.05, 3.63) is 82.2 Å². The monoisotopic (exact) mass is 572 g/mol. The number of benzene rings is 2. The van der Waals surface area contributed by atoms with Crippen molar-refractivity contribution in [2.24, 2.45) is 0 Å². The van der Waals surface area contributed by atoms with Gasteiger partial charge in [-0.15, -0.1) is 0 Å². The van der Waals surface area contributed by atoms with Crippen molar-refractivity contribution >= 4 is 39.0 Å². The fourth-order valence-corrected chi connectivity index (χ4v) is 7.84. The Morgan fingerprint density at radius 3 is 2.54 bits per heavy atom. The molecule has 0 spiro atoms. The van der Waals surface area contributed by atoms with Crippen LogP contribution in [0.2, 0.25) is 0 Å². The van der Waals surface area contributed by atoms with E-state index in [-0.39, 0.29) is 28.5 Å². The van der Waals surface area contributed by atoms with Gasteiger partial charge in [-0.3, -0.25) is 9.59 Å². The standard InChI is InChI=1S/C32H36N4O4S/c1-21-29(33-22(2)30(21)32(38)36-16-8-11-24(36)19-35-14-6-7-15-35)18-27-26-17-25(12-13-28(26)34-31(27)37)41(39,40)20-23-9-4-3-5-10-23/h3-5,9-10,12-13,17-18,24,33H,6-8,11,14-16,19-20H2,1-2H3,(H,34,37)/t24-/m1/s1. The molecule has 2 N–H and O–H groups in total. The van der Waals surface area contributed by atoms with E-state index < -0.39 is 9.84 Å². The van der Waals surface area contributed by atoms with E-state index in [1.807, 2.05) is 36.9 Å². The lowest BCUT2D eigenvalue weighted by Gasteiger charge is -2.28. The Hall–Kier alpha value is -3.69. The summed E-state index contributed by atoms with van der Waals surface area (Å²) in [4.78, 5) is 34.8. The van der Waals surface area contributed by atoms with Gasteiger partial charge in [0.15, 0.2) is 9.84 Å². The smallest absolute Gasteiger partial charge is 0.256 e. The molecule has 214 valence electrons. The van der Waals surface area contributed by atoms with Crippen LogP contribution in [0.25, 0.3) is 11.6 Å². The molecule has 0 saturated carbocycles. The number of anilines is 1. The van der Waals surface area contributed by atoms with Gasteiger partial charge >= 0.3 is 0 Å². The molecule has 41 heavy (non-hydrogen) atoms. The zero-order valence-electron chi connectivity index (χ0n) is 23.6. The molecule has 2 amide bonds. The SMILES string of the molecule is Cc1[nH]c(C=C2C(=O)Nc3ccc(S(=O)(=O)Cc4ccccc4)cc32)c(C)c1C(=O)N1CCC[C@@H]1CN1CCCC1. The highest BCUT2D eigenvalue weighted by atomic mass is 32.2. The number of likely N-dealkylation sites (tertiary alicyclic amines) is 2. The molecule has 2 aromatic carbocycles. The predicted octanol–water partition coefficient (Wildman–Crippen LogP) is 4.80. The Morgan fingerprint density at radius 1 is 1.02 bits per heavy atom. The summed E-state index contributed by atoms with van der Waals surface area (Å²) in [5, 5.41) is 2.85. The average molecular weight is 573 g/mol. The minimum atomic E-state index is -3.62. The summed E-state index contributed by atoms with van der Waals surface area (Å²) < 4.78 is 26.4. The molecule has 4 heterocycles. The molecule has 1 atom stereocenters. The number of sulfone groups is 1. The van der Waals surface area contributed by atoms with E-state index in [2.05, 4.69) is 15.2 Å². The number of H-pyrrole nitrogens is 1. The number of aromatic amines is 1. The predicted molar refractivity (Wildman–Crippen MR) is 160 cm³/mol. The highest BCUT2D eigenvalue weighted by molar-refractivity contribution is 7.90. The minimum absolute atomic E-state index is 0.0353. The van der Waals surface area contributed by atoms with Crippen LogP contribution in [0.5, 0.6) is 0 Å². The van der Waals surface area contributed by atoms with Crippen molar-refractivity contribution in [3.63, 3.8) is 0 Å². The van der Waals surface area contributed by atoms with Gasteiger partial charge in [0.05, 0.1) is 21.8 Å². The van der Waals surface area contributed by atoms with Crippen LogP contribution in [0.1, 0.15) is 64.1 Å². The summed E-state index contributed by atoms with van der Waals surface area (Å²) in [6.07, 6.45) is 6.22. The third-order valence-corrected chi connectivity index (χ3v) is 10.3. The molecule has 3 aromatic rings. The fourth-order valence-electron chi connectivity index (χ4n) is 6.46. The highest BCUT2D eigenvalue weighted by Gasteiger charge is 2.34. The van der Waals surface area contributed by atoms with Gasteiger partial charge in [-0.2, -0.15) is 0 Å². The lowest BCUT2D eigenvalue weighted by molar-refractivity contribution is -0.110. The summed E-state index contributed by atoms with van der Waals surface area (Å²) >= 11 is 0. The van der Waals surface area contributed by atoms with Crippen molar-refractivity contribution in [3.8, 4) is 0 Å². The molecule has 0 bridgehead atoms. The van der Waals surface area contributed by atoms with Crippen molar-refractivity contribution in [2.75, 3.05) is 31.5 Å². The average Bonchev–Trinajstić information content (AvgIpc) is 3.73. The van der Waals surface area contributed by atoms with Crippen LogP contribution in [-0.4, -0.2) is 67.2 Å². The van der Waals surface area contributed by atoms with Gasteiger partial charge in [0.1, 0.15) is 0 Å². The lowest BCUT2D eigenvalue weighted by atomic mass is 10.0. The maximum Gasteiger partial charge on any atom is 0.256 e. The normalized spacial score (nSPS) is 20.1. The first-order valence-corrected chi connectivity index (χ1v) is 16.0. The maximum absolute atomic E-state index is 13.8. The first-order chi connectivity index (χ1) is 19.7. The third-order valence-electron chi connectivity index (χ3n) is 8.62. The molecular formula is C32H36N4O4S. The van der Waals surface area contributed by atoms with E-state index >= 15 is 0 Å². The van der Waals surface area contributed by atoms with E-state index in [9.17, 15) is 18.0 Å². The Labute approximate surface area is 241 Å². The molecule has 1 aromatic heterocycles. The number of fused-ring (bicyclic) bond motifs is 1. The van der Waals surface area contributed by atoms with Crippen molar-refractivity contribution < 1.29 is 18.0 Å². The van der Waals surface area contributed by atoms with E-state index in [1.54, 1.807) is 30.3 Å². The van der Waals surface area contributed by atoms with Crippen molar-refractivity contribution in [1.82, 2.24) is 14.8 Å². The quantitative estimate of drug-likeness (QED) is 0.396. The first-order valence-electron chi connectivity index (χ1n) is 14.4. The van der Waals surface area contributed by atoms with Gasteiger partial charge in [-0.25, -0.2) is 8.42 Å². The molecule has 0 aliphatic carbocycles. The molecule has 0 radical (unpaired) electrons. The number of nitrogens with one attached hydrogen (secondary N) is 2. The molecule has 2 fully saturated rings. The van der Waals surface area contributed by atoms with Crippen LogP contribution in [-0.2, 0) is 20.4 Å². The van der Waals surface area contributed by atoms with Crippen LogP contribution in [0, 0.1) is 13.8 Å².